The van der Waals surface area contributed by atoms with E-state index in [4.69, 9.17) is 0 Å². The monoisotopic (exact) mass is 274 g/mol. The number of hydrogen-bond acceptors (Lipinski definition) is 5. The molecule has 2 aromatic rings. The van der Waals surface area contributed by atoms with E-state index in [1.165, 1.54) is 6.07 Å². The summed E-state index contributed by atoms with van der Waals surface area (Å²) in [6.07, 6.45) is -4.95. The summed E-state index contributed by atoms with van der Waals surface area (Å²) in [6.45, 7) is 1.56. The van der Waals surface area contributed by atoms with E-state index in [1.54, 1.807) is 6.92 Å². The molecular formula is C10H6F4N4O. The Hall–Kier alpha value is -2.32. The zero-order valence-corrected chi connectivity index (χ0v) is 9.44. The minimum atomic E-state index is -4.95. The van der Waals surface area contributed by atoms with Crippen molar-refractivity contribution in [2.75, 3.05) is 0 Å². The second-order valence-corrected chi connectivity index (χ2v) is 3.46. The molecule has 0 bridgehead atoms. The largest absolute Gasteiger partial charge is 0.573 e. The lowest BCUT2D eigenvalue weighted by Gasteiger charge is -2.09. The van der Waals surface area contributed by atoms with Gasteiger partial charge >= 0.3 is 6.36 Å². The van der Waals surface area contributed by atoms with Crippen molar-refractivity contribution in [3.05, 3.63) is 29.8 Å². The first-order chi connectivity index (χ1) is 8.85. The Morgan fingerprint density at radius 2 is 1.68 bits per heavy atom. The zero-order valence-electron chi connectivity index (χ0n) is 9.44. The summed E-state index contributed by atoms with van der Waals surface area (Å²) in [7, 11) is 0. The topological polar surface area (TPSA) is 60.8 Å². The molecule has 0 aliphatic carbocycles. The molecule has 1 aromatic heterocycles. The number of nitrogens with zero attached hydrogens (tertiary/aromatic N) is 4. The second kappa shape index (κ2) is 4.75. The third-order valence-electron chi connectivity index (χ3n) is 1.99. The molecule has 0 N–H and O–H groups in total. The molecule has 0 radical (unpaired) electrons. The molecule has 0 aliphatic heterocycles. The van der Waals surface area contributed by atoms with Crippen LogP contribution in [0.5, 0.6) is 5.75 Å². The van der Waals surface area contributed by atoms with Crippen LogP contribution in [0.25, 0.3) is 11.4 Å². The Balaban J connectivity index is 2.31. The van der Waals surface area contributed by atoms with E-state index in [0.717, 1.165) is 12.1 Å². The maximum absolute atomic E-state index is 13.4. The number of aryl methyl sites for hydroxylation is 1. The normalized spacial score (nSPS) is 11.4. The maximum Gasteiger partial charge on any atom is 0.573 e. The fraction of sp³-hybridized carbons (Fsp3) is 0.200. The van der Waals surface area contributed by atoms with Gasteiger partial charge < -0.3 is 4.74 Å². The van der Waals surface area contributed by atoms with Gasteiger partial charge in [0.15, 0.2) is 17.4 Å². The molecular weight excluding hydrogens is 268 g/mol. The number of aromatic nitrogens is 4. The van der Waals surface area contributed by atoms with Crippen LogP contribution in [0.2, 0.25) is 0 Å². The van der Waals surface area contributed by atoms with E-state index < -0.39 is 17.9 Å². The van der Waals surface area contributed by atoms with Crippen LogP contribution in [0.1, 0.15) is 5.82 Å². The third kappa shape index (κ3) is 3.33. The molecule has 0 unspecified atom stereocenters. The first kappa shape index (κ1) is 13.1. The smallest absolute Gasteiger partial charge is 0.403 e. The summed E-state index contributed by atoms with van der Waals surface area (Å²) < 4.78 is 52.8. The van der Waals surface area contributed by atoms with Gasteiger partial charge in [0.25, 0.3) is 0 Å². The van der Waals surface area contributed by atoms with Gasteiger partial charge in [0.05, 0.1) is 0 Å². The van der Waals surface area contributed by atoms with E-state index in [2.05, 4.69) is 25.1 Å². The number of benzene rings is 1. The lowest BCUT2D eigenvalue weighted by Crippen LogP contribution is -2.17. The highest BCUT2D eigenvalue weighted by Crippen LogP contribution is 2.28. The Bertz CT molecular complexity index is 585. The van der Waals surface area contributed by atoms with Crippen molar-refractivity contribution >= 4 is 0 Å². The molecule has 0 spiro atoms. The van der Waals surface area contributed by atoms with Gasteiger partial charge in [0.2, 0.25) is 5.82 Å². The van der Waals surface area contributed by atoms with E-state index in [-0.39, 0.29) is 11.4 Å². The van der Waals surface area contributed by atoms with Gasteiger partial charge in [-0.3, -0.25) is 0 Å². The first-order valence-corrected chi connectivity index (χ1v) is 4.95. The number of alkyl halides is 3. The van der Waals surface area contributed by atoms with Crippen molar-refractivity contribution in [1.29, 1.82) is 0 Å². The minimum absolute atomic E-state index is 0.00283. The highest BCUT2D eigenvalue weighted by molar-refractivity contribution is 5.55. The van der Waals surface area contributed by atoms with Gasteiger partial charge in [0.1, 0.15) is 0 Å². The van der Waals surface area contributed by atoms with Crippen molar-refractivity contribution in [2.24, 2.45) is 0 Å². The van der Waals surface area contributed by atoms with E-state index in [0.29, 0.717) is 5.82 Å². The highest BCUT2D eigenvalue weighted by atomic mass is 19.4. The molecule has 9 heteroatoms. The van der Waals surface area contributed by atoms with Crippen LogP contribution in [-0.2, 0) is 0 Å². The number of hydrogen-bond donors (Lipinski definition) is 0. The maximum atomic E-state index is 13.4. The van der Waals surface area contributed by atoms with E-state index in [9.17, 15) is 17.6 Å². The minimum Gasteiger partial charge on any atom is -0.403 e. The van der Waals surface area contributed by atoms with E-state index >= 15 is 0 Å². The van der Waals surface area contributed by atoms with Crippen LogP contribution >= 0.6 is 0 Å². The van der Waals surface area contributed by atoms with Crippen LogP contribution < -0.4 is 4.74 Å². The summed E-state index contributed by atoms with van der Waals surface area (Å²) in [5, 5.41) is 14.5. The Morgan fingerprint density at radius 3 is 2.21 bits per heavy atom. The molecule has 5 nitrogen and oxygen atoms in total. The van der Waals surface area contributed by atoms with Crippen molar-refractivity contribution in [3.8, 4) is 17.1 Å². The predicted octanol–water partition coefficient (Wildman–Crippen LogP) is 2.28. The van der Waals surface area contributed by atoms with Crippen molar-refractivity contribution in [2.45, 2.75) is 13.3 Å². The number of rotatable bonds is 2. The molecule has 19 heavy (non-hydrogen) atoms. The van der Waals surface area contributed by atoms with E-state index in [1.807, 2.05) is 0 Å². The van der Waals surface area contributed by atoms with Crippen LogP contribution in [-0.4, -0.2) is 26.8 Å². The van der Waals surface area contributed by atoms with Gasteiger partial charge in [-0.15, -0.1) is 33.6 Å². The average Bonchev–Trinajstić information content (AvgIpc) is 2.31. The van der Waals surface area contributed by atoms with Gasteiger partial charge in [-0.25, -0.2) is 4.39 Å². The molecule has 0 atom stereocenters. The van der Waals surface area contributed by atoms with Crippen LogP contribution in [0.4, 0.5) is 17.6 Å². The average molecular weight is 274 g/mol. The van der Waals surface area contributed by atoms with Gasteiger partial charge in [0, 0.05) is 5.56 Å². The molecule has 100 valence electrons. The summed E-state index contributed by atoms with van der Waals surface area (Å²) >= 11 is 0. The highest BCUT2D eigenvalue weighted by Gasteiger charge is 2.32. The molecule has 0 amide bonds. The van der Waals surface area contributed by atoms with Crippen LogP contribution in [0.15, 0.2) is 18.2 Å². The summed E-state index contributed by atoms with van der Waals surface area (Å²) in [5.74, 6) is -1.78. The molecule has 0 saturated carbocycles. The fourth-order valence-corrected chi connectivity index (χ4v) is 1.24. The second-order valence-electron chi connectivity index (χ2n) is 3.46. The van der Waals surface area contributed by atoms with Crippen molar-refractivity contribution < 1.29 is 22.3 Å². The third-order valence-corrected chi connectivity index (χ3v) is 1.99. The molecule has 1 aromatic carbocycles. The predicted molar refractivity (Wildman–Crippen MR) is 54.4 cm³/mol. The number of halogens is 4. The van der Waals surface area contributed by atoms with Crippen LogP contribution in [0.3, 0.4) is 0 Å². The Labute approximate surface area is 104 Å². The first-order valence-electron chi connectivity index (χ1n) is 4.95. The quantitative estimate of drug-likeness (QED) is 0.786. The fourth-order valence-electron chi connectivity index (χ4n) is 1.24. The van der Waals surface area contributed by atoms with Crippen molar-refractivity contribution in [3.63, 3.8) is 0 Å². The Kier molecular flexibility index (Phi) is 3.28. The van der Waals surface area contributed by atoms with Crippen molar-refractivity contribution in [1.82, 2.24) is 20.4 Å². The lowest BCUT2D eigenvalue weighted by atomic mass is 10.2. The standard InChI is InChI=1S/C10H6F4N4O/c1-5-15-17-9(18-16-5)6-2-3-8(7(11)4-6)19-10(12,13)14/h2-4H,1H3. The molecule has 2 rings (SSSR count). The zero-order chi connectivity index (χ0) is 14.0. The Morgan fingerprint density at radius 1 is 1.05 bits per heavy atom. The summed E-state index contributed by atoms with van der Waals surface area (Å²) in [6, 6.07) is 2.83. The molecule has 0 fully saturated rings. The molecule has 0 saturated heterocycles. The summed E-state index contributed by atoms with van der Waals surface area (Å²) in [4.78, 5) is 0. The SMILES string of the molecule is Cc1nnc(-c2ccc(OC(F)(F)F)c(F)c2)nn1. The lowest BCUT2D eigenvalue weighted by molar-refractivity contribution is -0.275. The van der Waals surface area contributed by atoms with Gasteiger partial charge in [-0.1, -0.05) is 0 Å². The molecule has 1 heterocycles. The van der Waals surface area contributed by atoms with Crippen LogP contribution in [0, 0.1) is 12.7 Å². The summed E-state index contributed by atoms with van der Waals surface area (Å²) in [5.41, 5.74) is 0.145. The van der Waals surface area contributed by atoms with Gasteiger partial charge in [-0.05, 0) is 25.1 Å². The molecule has 0 aliphatic rings. The van der Waals surface area contributed by atoms with Gasteiger partial charge in [-0.2, -0.15) is 0 Å². The number of ether oxygens (including phenoxy) is 1.